The molecule has 2 heterocycles. The number of nitrogens with one attached hydrogen (secondary N) is 1. The molecule has 3 rings (SSSR count). The van der Waals surface area contributed by atoms with Crippen molar-refractivity contribution in [3.63, 3.8) is 0 Å². The molecule has 1 aromatic carbocycles. The van der Waals surface area contributed by atoms with Crippen molar-refractivity contribution >= 4 is 44.7 Å². The van der Waals surface area contributed by atoms with E-state index in [4.69, 9.17) is 4.42 Å². The molecule has 0 aliphatic carbocycles. The summed E-state index contributed by atoms with van der Waals surface area (Å²) in [5, 5.41) is 3.49. The van der Waals surface area contributed by atoms with E-state index < -0.39 is 17.9 Å². The van der Waals surface area contributed by atoms with Crippen molar-refractivity contribution in [2.24, 2.45) is 0 Å². The average molecular weight is 409 g/mol. The van der Waals surface area contributed by atoms with E-state index in [1.54, 1.807) is 13.0 Å². The summed E-state index contributed by atoms with van der Waals surface area (Å²) in [5.41, 5.74) is 1.29. The molecule has 25 heavy (non-hydrogen) atoms. The zero-order valence-electron chi connectivity index (χ0n) is 13.8. The lowest BCUT2D eigenvalue weighted by Gasteiger charge is -2.34. The maximum absolute atomic E-state index is 13.0. The van der Waals surface area contributed by atoms with Gasteiger partial charge in [0, 0.05) is 28.5 Å². The summed E-state index contributed by atoms with van der Waals surface area (Å²) >= 11 is 3.40. The minimum absolute atomic E-state index is 0.178. The fourth-order valence-corrected chi connectivity index (χ4v) is 3.29. The van der Waals surface area contributed by atoms with Gasteiger partial charge in [-0.2, -0.15) is 0 Å². The highest BCUT2D eigenvalue weighted by Crippen LogP contribution is 2.29. The Labute approximate surface area is 152 Å². The molecule has 1 aromatic heterocycles. The maximum Gasteiger partial charge on any atom is 0.308 e. The molecular formula is C17H17BrN2O5. The van der Waals surface area contributed by atoms with Crippen LogP contribution >= 0.6 is 15.9 Å². The highest BCUT2D eigenvalue weighted by atomic mass is 79.9. The van der Waals surface area contributed by atoms with Crippen LogP contribution in [0.15, 0.2) is 27.1 Å². The number of carbonyl (C=O) groups excluding carboxylic acids is 3. The van der Waals surface area contributed by atoms with E-state index in [0.29, 0.717) is 24.2 Å². The molecule has 0 bridgehead atoms. The zero-order valence-corrected chi connectivity index (χ0v) is 15.4. The topological polar surface area (TPSA) is 88.9 Å². The lowest BCUT2D eigenvalue weighted by molar-refractivity contribution is -0.145. The molecule has 2 amide bonds. The molecule has 8 heteroatoms. The van der Waals surface area contributed by atoms with Crippen molar-refractivity contribution in [2.75, 3.05) is 20.2 Å². The fourth-order valence-electron chi connectivity index (χ4n) is 2.93. The molecule has 7 nitrogen and oxygen atoms in total. The van der Waals surface area contributed by atoms with E-state index in [1.807, 2.05) is 12.1 Å². The van der Waals surface area contributed by atoms with E-state index in [9.17, 15) is 14.4 Å². The lowest BCUT2D eigenvalue weighted by Crippen LogP contribution is -2.57. The Morgan fingerprint density at radius 2 is 2.20 bits per heavy atom. The summed E-state index contributed by atoms with van der Waals surface area (Å²) in [4.78, 5) is 38.1. The summed E-state index contributed by atoms with van der Waals surface area (Å²) in [6.07, 6.45) is -0.196. The summed E-state index contributed by atoms with van der Waals surface area (Å²) in [6, 6.07) is 4.57. The third kappa shape index (κ3) is 3.26. The lowest BCUT2D eigenvalue weighted by atomic mass is 10.1. The second-order valence-corrected chi connectivity index (χ2v) is 6.70. The van der Waals surface area contributed by atoms with Gasteiger partial charge in [-0.3, -0.25) is 14.4 Å². The van der Waals surface area contributed by atoms with E-state index in [-0.39, 0.29) is 18.1 Å². The van der Waals surface area contributed by atoms with Crippen molar-refractivity contribution < 1.29 is 23.5 Å². The number of fused-ring (bicyclic) bond motifs is 1. The molecule has 0 spiro atoms. The van der Waals surface area contributed by atoms with Crippen LogP contribution in [0.2, 0.25) is 0 Å². The molecule has 0 radical (unpaired) electrons. The molecule has 1 fully saturated rings. The summed E-state index contributed by atoms with van der Waals surface area (Å²) in [6.45, 7) is 2.42. The van der Waals surface area contributed by atoms with Crippen LogP contribution in [-0.4, -0.2) is 48.9 Å². The normalized spacial score (nSPS) is 17.5. The van der Waals surface area contributed by atoms with Crippen molar-refractivity contribution in [1.82, 2.24) is 10.2 Å². The Balaban J connectivity index is 1.96. The minimum Gasteiger partial charge on any atom is -0.469 e. The van der Waals surface area contributed by atoms with E-state index >= 15 is 0 Å². The SMILES string of the molecule is COC(=O)CC1C(=O)NCCN1C(=O)c1oc2ccc(Br)cc2c1C. The molecule has 1 N–H and O–H groups in total. The number of hydrogen-bond donors (Lipinski definition) is 1. The van der Waals surface area contributed by atoms with Crippen LogP contribution in [-0.2, 0) is 14.3 Å². The summed E-state index contributed by atoms with van der Waals surface area (Å²) in [5.74, 6) is -1.15. The number of methoxy groups -OCH3 is 1. The number of esters is 1. The van der Waals surface area contributed by atoms with Crippen LogP contribution in [0.1, 0.15) is 22.5 Å². The number of benzene rings is 1. The number of nitrogens with zero attached hydrogens (tertiary/aromatic N) is 1. The Morgan fingerprint density at radius 3 is 2.92 bits per heavy atom. The van der Waals surface area contributed by atoms with Crippen LogP contribution < -0.4 is 5.32 Å². The average Bonchev–Trinajstić information content (AvgIpc) is 2.92. The van der Waals surface area contributed by atoms with Crippen molar-refractivity contribution in [2.45, 2.75) is 19.4 Å². The molecular weight excluding hydrogens is 392 g/mol. The molecule has 2 aromatic rings. The Kier molecular flexibility index (Phi) is 4.80. The number of furan rings is 1. The highest BCUT2D eigenvalue weighted by Gasteiger charge is 2.37. The number of halogens is 1. The van der Waals surface area contributed by atoms with Crippen molar-refractivity contribution in [1.29, 1.82) is 0 Å². The number of amides is 2. The van der Waals surface area contributed by atoms with Crippen molar-refractivity contribution in [3.05, 3.63) is 34.0 Å². The highest BCUT2D eigenvalue weighted by molar-refractivity contribution is 9.10. The number of rotatable bonds is 3. The fraction of sp³-hybridized carbons (Fsp3) is 0.353. The predicted molar refractivity (Wildman–Crippen MR) is 93.1 cm³/mol. The Morgan fingerprint density at radius 1 is 1.44 bits per heavy atom. The van der Waals surface area contributed by atoms with Gasteiger partial charge in [-0.15, -0.1) is 0 Å². The van der Waals surface area contributed by atoms with E-state index in [0.717, 1.165) is 9.86 Å². The Hall–Kier alpha value is -2.35. The van der Waals surface area contributed by atoms with Crippen LogP contribution in [0.25, 0.3) is 11.0 Å². The molecule has 132 valence electrons. The second kappa shape index (κ2) is 6.87. The first-order valence-corrected chi connectivity index (χ1v) is 8.56. The van der Waals surface area contributed by atoms with Gasteiger partial charge in [0.25, 0.3) is 5.91 Å². The first kappa shape index (κ1) is 17.5. The van der Waals surface area contributed by atoms with Gasteiger partial charge in [0.2, 0.25) is 5.91 Å². The van der Waals surface area contributed by atoms with Crippen LogP contribution in [0.3, 0.4) is 0 Å². The molecule has 1 saturated heterocycles. The van der Waals surface area contributed by atoms with Crippen molar-refractivity contribution in [3.8, 4) is 0 Å². The monoisotopic (exact) mass is 408 g/mol. The molecule has 1 unspecified atom stereocenters. The quantitative estimate of drug-likeness (QED) is 0.784. The molecule has 1 aliphatic rings. The first-order valence-electron chi connectivity index (χ1n) is 7.76. The molecule has 0 saturated carbocycles. The second-order valence-electron chi connectivity index (χ2n) is 5.78. The predicted octanol–water partition coefficient (Wildman–Crippen LogP) is 2.01. The van der Waals surface area contributed by atoms with E-state index in [2.05, 4.69) is 26.0 Å². The number of ether oxygens (including phenoxy) is 1. The standard InChI is InChI=1S/C17H17BrN2O5/c1-9-11-7-10(18)3-4-13(11)25-15(9)17(23)20-6-5-19-16(22)12(20)8-14(21)24-2/h3-4,7,12H,5-6,8H2,1-2H3,(H,19,22). The number of carbonyl (C=O) groups is 3. The summed E-state index contributed by atoms with van der Waals surface area (Å²) < 4.78 is 11.2. The Bertz CT molecular complexity index is 860. The van der Waals surface area contributed by atoms with Gasteiger partial charge in [0.05, 0.1) is 13.5 Å². The number of aryl methyl sites for hydroxylation is 1. The third-order valence-corrected chi connectivity index (χ3v) is 4.77. The van der Waals surface area contributed by atoms with Crippen LogP contribution in [0, 0.1) is 6.92 Å². The van der Waals surface area contributed by atoms with Gasteiger partial charge in [-0.1, -0.05) is 15.9 Å². The minimum atomic E-state index is -0.909. The van der Waals surface area contributed by atoms with Gasteiger partial charge in [-0.25, -0.2) is 0 Å². The largest absolute Gasteiger partial charge is 0.469 e. The van der Waals surface area contributed by atoms with Gasteiger partial charge < -0.3 is 19.4 Å². The first-order chi connectivity index (χ1) is 11.9. The molecule has 1 atom stereocenters. The van der Waals surface area contributed by atoms with Gasteiger partial charge >= 0.3 is 5.97 Å². The maximum atomic E-state index is 13.0. The van der Waals surface area contributed by atoms with Gasteiger partial charge in [0.1, 0.15) is 11.6 Å². The van der Waals surface area contributed by atoms with Gasteiger partial charge in [-0.05, 0) is 25.1 Å². The van der Waals surface area contributed by atoms with Crippen LogP contribution in [0.4, 0.5) is 0 Å². The summed E-state index contributed by atoms with van der Waals surface area (Å²) in [7, 11) is 1.25. The third-order valence-electron chi connectivity index (χ3n) is 4.27. The number of piperazine rings is 1. The number of hydrogen-bond acceptors (Lipinski definition) is 5. The molecule has 1 aliphatic heterocycles. The van der Waals surface area contributed by atoms with Gasteiger partial charge in [0.15, 0.2) is 5.76 Å². The zero-order chi connectivity index (χ0) is 18.1. The van der Waals surface area contributed by atoms with Crippen LogP contribution in [0.5, 0.6) is 0 Å². The smallest absolute Gasteiger partial charge is 0.308 e. The van der Waals surface area contributed by atoms with E-state index in [1.165, 1.54) is 12.0 Å².